The van der Waals surface area contributed by atoms with Crippen molar-refractivity contribution < 1.29 is 9.90 Å². The molecule has 0 aromatic heterocycles. The summed E-state index contributed by atoms with van der Waals surface area (Å²) in [4.78, 5) is 11.2. The molecular weight excluding hydrogens is 188 g/mol. The van der Waals surface area contributed by atoms with Crippen molar-refractivity contribution in [1.82, 2.24) is 0 Å². The highest BCUT2D eigenvalue weighted by molar-refractivity contribution is 5.75. The Morgan fingerprint density at radius 1 is 1.40 bits per heavy atom. The lowest BCUT2D eigenvalue weighted by Gasteiger charge is -2.39. The summed E-state index contributed by atoms with van der Waals surface area (Å²) in [7, 11) is 0. The molecule has 0 saturated heterocycles. The zero-order valence-electron chi connectivity index (χ0n) is 10.5. The number of aliphatic carboxylic acids is 1. The molecule has 0 aliphatic heterocycles. The average Bonchev–Trinajstić information content (AvgIpc) is 1.99. The third kappa shape index (κ3) is 2.73. The van der Waals surface area contributed by atoms with Gasteiger partial charge in [0.05, 0.1) is 5.41 Å². The van der Waals surface area contributed by atoms with Gasteiger partial charge in [0.15, 0.2) is 0 Å². The van der Waals surface area contributed by atoms with Crippen LogP contribution in [-0.2, 0) is 4.79 Å². The molecule has 0 aromatic rings. The lowest BCUT2D eigenvalue weighted by atomic mass is 9.64. The lowest BCUT2D eigenvalue weighted by Crippen LogP contribution is -2.38. The summed E-state index contributed by atoms with van der Waals surface area (Å²) >= 11 is 0. The fraction of sp³-hybridized carbons (Fsp3) is 0.923. The number of hydrogen-bond acceptors (Lipinski definition) is 1. The molecule has 1 aliphatic carbocycles. The SMILES string of the molecule is CC(CCC1(C(=O)O)CCC1)C(C)(C)C. The summed E-state index contributed by atoms with van der Waals surface area (Å²) in [6.45, 7) is 8.91. The van der Waals surface area contributed by atoms with Gasteiger partial charge in [0.1, 0.15) is 0 Å². The summed E-state index contributed by atoms with van der Waals surface area (Å²) in [5.41, 5.74) is -0.0665. The van der Waals surface area contributed by atoms with Gasteiger partial charge in [-0.15, -0.1) is 0 Å². The molecule has 15 heavy (non-hydrogen) atoms. The van der Waals surface area contributed by atoms with Crippen LogP contribution >= 0.6 is 0 Å². The molecule has 1 unspecified atom stereocenters. The number of carboxylic acids is 1. The first-order valence-electron chi connectivity index (χ1n) is 6.01. The van der Waals surface area contributed by atoms with Crippen molar-refractivity contribution >= 4 is 5.97 Å². The van der Waals surface area contributed by atoms with Crippen LogP contribution in [0.1, 0.15) is 59.8 Å². The summed E-state index contributed by atoms with van der Waals surface area (Å²) < 4.78 is 0. The molecule has 0 radical (unpaired) electrons. The first-order valence-corrected chi connectivity index (χ1v) is 6.01. The smallest absolute Gasteiger partial charge is 0.309 e. The van der Waals surface area contributed by atoms with Crippen molar-refractivity contribution in [3.63, 3.8) is 0 Å². The third-order valence-electron chi connectivity index (χ3n) is 4.30. The van der Waals surface area contributed by atoms with E-state index < -0.39 is 5.97 Å². The minimum Gasteiger partial charge on any atom is -0.481 e. The average molecular weight is 212 g/mol. The molecule has 2 heteroatoms. The van der Waals surface area contributed by atoms with Crippen LogP contribution < -0.4 is 0 Å². The van der Waals surface area contributed by atoms with E-state index in [4.69, 9.17) is 0 Å². The van der Waals surface area contributed by atoms with Crippen LogP contribution in [0.15, 0.2) is 0 Å². The number of carbonyl (C=O) groups is 1. The fourth-order valence-corrected chi connectivity index (χ4v) is 2.10. The first-order chi connectivity index (χ1) is 6.78. The summed E-state index contributed by atoms with van der Waals surface area (Å²) in [6, 6.07) is 0. The molecule has 0 amide bonds. The molecule has 1 atom stereocenters. The van der Waals surface area contributed by atoms with Gasteiger partial charge in [0.2, 0.25) is 0 Å². The van der Waals surface area contributed by atoms with Gasteiger partial charge in [-0.1, -0.05) is 34.1 Å². The molecule has 0 heterocycles. The number of rotatable bonds is 4. The Bertz CT molecular complexity index is 233. The Balaban J connectivity index is 2.45. The highest BCUT2D eigenvalue weighted by Crippen LogP contribution is 2.46. The van der Waals surface area contributed by atoms with E-state index in [1.165, 1.54) is 0 Å². The first kappa shape index (κ1) is 12.5. The minimum atomic E-state index is -0.574. The fourth-order valence-electron chi connectivity index (χ4n) is 2.10. The highest BCUT2D eigenvalue weighted by Gasteiger charge is 2.44. The van der Waals surface area contributed by atoms with Crippen molar-refractivity contribution in [3.05, 3.63) is 0 Å². The summed E-state index contributed by atoms with van der Waals surface area (Å²) in [6.07, 6.45) is 4.77. The second-order valence-corrected chi connectivity index (χ2v) is 6.24. The predicted molar refractivity (Wildman–Crippen MR) is 61.8 cm³/mol. The second-order valence-electron chi connectivity index (χ2n) is 6.24. The second kappa shape index (κ2) is 4.15. The monoisotopic (exact) mass is 212 g/mol. The molecular formula is C13H24O2. The van der Waals surface area contributed by atoms with E-state index in [9.17, 15) is 9.90 Å². The molecule has 2 nitrogen and oxygen atoms in total. The normalized spacial score (nSPS) is 21.9. The van der Waals surface area contributed by atoms with Crippen LogP contribution in [0.5, 0.6) is 0 Å². The number of carboxylic acid groups (broad SMARTS) is 1. The quantitative estimate of drug-likeness (QED) is 0.771. The van der Waals surface area contributed by atoms with Gasteiger partial charge < -0.3 is 5.11 Å². The van der Waals surface area contributed by atoms with Crippen LogP contribution in [0.3, 0.4) is 0 Å². The molecule has 1 saturated carbocycles. The van der Waals surface area contributed by atoms with Crippen LogP contribution in [0.2, 0.25) is 0 Å². The Morgan fingerprint density at radius 3 is 2.20 bits per heavy atom. The van der Waals surface area contributed by atoms with E-state index in [1.807, 2.05) is 0 Å². The third-order valence-corrected chi connectivity index (χ3v) is 4.30. The molecule has 0 aromatic carbocycles. The van der Waals surface area contributed by atoms with Crippen molar-refractivity contribution in [1.29, 1.82) is 0 Å². The molecule has 1 N–H and O–H groups in total. The largest absolute Gasteiger partial charge is 0.481 e. The van der Waals surface area contributed by atoms with E-state index in [1.54, 1.807) is 0 Å². The van der Waals surface area contributed by atoms with Crippen molar-refractivity contribution in [2.75, 3.05) is 0 Å². The number of hydrogen-bond donors (Lipinski definition) is 1. The zero-order chi connectivity index (χ0) is 11.7. The highest BCUT2D eigenvalue weighted by atomic mass is 16.4. The van der Waals surface area contributed by atoms with Gasteiger partial charge >= 0.3 is 5.97 Å². The van der Waals surface area contributed by atoms with E-state index >= 15 is 0 Å². The Labute approximate surface area is 93.1 Å². The van der Waals surface area contributed by atoms with Crippen LogP contribution in [0.4, 0.5) is 0 Å². The molecule has 88 valence electrons. The van der Waals surface area contributed by atoms with Gasteiger partial charge in [-0.2, -0.15) is 0 Å². The van der Waals surface area contributed by atoms with Crippen molar-refractivity contribution in [3.8, 4) is 0 Å². The van der Waals surface area contributed by atoms with Crippen molar-refractivity contribution in [2.24, 2.45) is 16.7 Å². The standard InChI is InChI=1S/C13H24O2/c1-10(12(2,3)4)6-9-13(11(14)15)7-5-8-13/h10H,5-9H2,1-4H3,(H,14,15). The maximum Gasteiger partial charge on any atom is 0.309 e. The molecule has 1 fully saturated rings. The molecule has 1 rings (SSSR count). The molecule has 0 bridgehead atoms. The zero-order valence-corrected chi connectivity index (χ0v) is 10.5. The topological polar surface area (TPSA) is 37.3 Å². The van der Waals surface area contributed by atoms with Gasteiger partial charge in [-0.05, 0) is 37.0 Å². The summed E-state index contributed by atoms with van der Waals surface area (Å²) in [5.74, 6) is 0.0178. The van der Waals surface area contributed by atoms with Gasteiger partial charge in [0, 0.05) is 0 Å². The Kier molecular flexibility index (Phi) is 3.47. The van der Waals surface area contributed by atoms with Crippen LogP contribution in [0.25, 0.3) is 0 Å². The maximum absolute atomic E-state index is 11.2. The van der Waals surface area contributed by atoms with Crippen LogP contribution in [-0.4, -0.2) is 11.1 Å². The van der Waals surface area contributed by atoms with E-state index in [0.29, 0.717) is 11.3 Å². The van der Waals surface area contributed by atoms with Crippen molar-refractivity contribution in [2.45, 2.75) is 59.8 Å². The van der Waals surface area contributed by atoms with Gasteiger partial charge in [0.25, 0.3) is 0 Å². The lowest BCUT2D eigenvalue weighted by molar-refractivity contribution is -0.155. The predicted octanol–water partition coefficient (Wildman–Crippen LogP) is 3.70. The van der Waals surface area contributed by atoms with Gasteiger partial charge in [-0.25, -0.2) is 0 Å². The maximum atomic E-state index is 11.2. The van der Waals surface area contributed by atoms with Crippen LogP contribution in [0, 0.1) is 16.7 Å². The Hall–Kier alpha value is -0.530. The molecule has 1 aliphatic rings. The Morgan fingerprint density at radius 2 is 1.93 bits per heavy atom. The van der Waals surface area contributed by atoms with E-state index in [0.717, 1.165) is 32.1 Å². The van der Waals surface area contributed by atoms with Gasteiger partial charge in [-0.3, -0.25) is 4.79 Å². The molecule has 0 spiro atoms. The van der Waals surface area contributed by atoms with E-state index in [-0.39, 0.29) is 5.41 Å². The minimum absolute atomic E-state index is 0.295. The van der Waals surface area contributed by atoms with E-state index in [2.05, 4.69) is 27.7 Å². The summed E-state index contributed by atoms with van der Waals surface area (Å²) in [5, 5.41) is 9.20.